The number of H-pyrrole nitrogens is 1. The van der Waals surface area contributed by atoms with Gasteiger partial charge in [0, 0.05) is 23.6 Å². The molecule has 118 valence electrons. The number of hydrogen-bond donors (Lipinski definition) is 2. The second-order valence-electron chi connectivity index (χ2n) is 6.08. The number of aromatic amines is 1. The third-order valence-corrected chi connectivity index (χ3v) is 3.90. The fraction of sp³-hybridized carbons (Fsp3) is 0.211. The number of aromatic nitrogens is 1. The summed E-state index contributed by atoms with van der Waals surface area (Å²) < 4.78 is 0. The topological polar surface area (TPSA) is 56.3 Å². The molecule has 3 rings (SSSR count). The fourth-order valence-electron chi connectivity index (χ4n) is 2.83. The van der Waals surface area contributed by atoms with Crippen LogP contribution in [0.1, 0.15) is 11.1 Å². The van der Waals surface area contributed by atoms with Crippen molar-refractivity contribution in [2.45, 2.75) is 13.0 Å². The molecule has 23 heavy (non-hydrogen) atoms. The SMILES string of the molecule is CN(C)Cc1ccc(-c2ccc3[nH]cc(CC(=O)O)c3c2)cc1. The van der Waals surface area contributed by atoms with E-state index in [1.54, 1.807) is 6.20 Å². The number of carbonyl (C=O) groups is 1. The van der Waals surface area contributed by atoms with Gasteiger partial charge in [-0.25, -0.2) is 0 Å². The minimum atomic E-state index is -0.815. The molecule has 0 atom stereocenters. The van der Waals surface area contributed by atoms with Crippen LogP contribution in [0.2, 0.25) is 0 Å². The van der Waals surface area contributed by atoms with Crippen molar-refractivity contribution in [2.75, 3.05) is 14.1 Å². The molecule has 3 aromatic rings. The monoisotopic (exact) mass is 308 g/mol. The maximum atomic E-state index is 11.0. The van der Waals surface area contributed by atoms with Crippen molar-refractivity contribution in [2.24, 2.45) is 0 Å². The summed E-state index contributed by atoms with van der Waals surface area (Å²) in [5.41, 5.74) is 5.29. The van der Waals surface area contributed by atoms with Gasteiger partial charge in [-0.15, -0.1) is 0 Å². The lowest BCUT2D eigenvalue weighted by Gasteiger charge is -2.10. The first kappa shape index (κ1) is 15.3. The Kier molecular flexibility index (Phi) is 4.17. The summed E-state index contributed by atoms with van der Waals surface area (Å²) in [6.07, 6.45) is 1.81. The van der Waals surface area contributed by atoms with E-state index in [2.05, 4.69) is 60.4 Å². The summed E-state index contributed by atoms with van der Waals surface area (Å²) in [4.78, 5) is 16.2. The van der Waals surface area contributed by atoms with Gasteiger partial charge in [0.2, 0.25) is 0 Å². The Morgan fingerprint density at radius 3 is 2.43 bits per heavy atom. The van der Waals surface area contributed by atoms with E-state index in [1.807, 2.05) is 6.07 Å². The zero-order valence-electron chi connectivity index (χ0n) is 13.3. The molecule has 0 amide bonds. The Morgan fingerprint density at radius 2 is 1.78 bits per heavy atom. The van der Waals surface area contributed by atoms with Gasteiger partial charge in [-0.2, -0.15) is 0 Å². The smallest absolute Gasteiger partial charge is 0.307 e. The van der Waals surface area contributed by atoms with Gasteiger partial charge in [-0.1, -0.05) is 30.3 Å². The highest BCUT2D eigenvalue weighted by atomic mass is 16.4. The van der Waals surface area contributed by atoms with E-state index in [4.69, 9.17) is 5.11 Å². The van der Waals surface area contributed by atoms with Crippen LogP contribution in [-0.4, -0.2) is 35.1 Å². The molecule has 1 heterocycles. The van der Waals surface area contributed by atoms with Crippen LogP contribution in [0.3, 0.4) is 0 Å². The van der Waals surface area contributed by atoms with Crippen LogP contribution in [-0.2, 0) is 17.8 Å². The van der Waals surface area contributed by atoms with Crippen molar-refractivity contribution in [3.63, 3.8) is 0 Å². The van der Waals surface area contributed by atoms with E-state index in [-0.39, 0.29) is 6.42 Å². The second-order valence-corrected chi connectivity index (χ2v) is 6.08. The van der Waals surface area contributed by atoms with Gasteiger partial charge in [0.15, 0.2) is 0 Å². The van der Waals surface area contributed by atoms with E-state index in [0.29, 0.717) is 0 Å². The van der Waals surface area contributed by atoms with Gasteiger partial charge in [-0.05, 0) is 48.5 Å². The molecule has 1 aromatic heterocycles. The van der Waals surface area contributed by atoms with E-state index >= 15 is 0 Å². The third-order valence-electron chi connectivity index (χ3n) is 3.90. The highest BCUT2D eigenvalue weighted by molar-refractivity contribution is 5.90. The number of nitrogens with one attached hydrogen (secondary N) is 1. The number of fused-ring (bicyclic) bond motifs is 1. The van der Waals surface area contributed by atoms with Crippen molar-refractivity contribution in [1.29, 1.82) is 0 Å². The summed E-state index contributed by atoms with van der Waals surface area (Å²) in [7, 11) is 4.11. The predicted octanol–water partition coefficient (Wildman–Crippen LogP) is 3.52. The van der Waals surface area contributed by atoms with E-state index in [1.165, 1.54) is 5.56 Å². The molecule has 0 saturated carbocycles. The van der Waals surface area contributed by atoms with Gasteiger partial charge < -0.3 is 15.0 Å². The summed E-state index contributed by atoms with van der Waals surface area (Å²) in [5, 5.41) is 9.99. The molecular weight excluding hydrogens is 288 g/mol. The molecule has 0 fully saturated rings. The highest BCUT2D eigenvalue weighted by Gasteiger charge is 2.09. The molecule has 0 spiro atoms. The molecule has 0 bridgehead atoms. The van der Waals surface area contributed by atoms with Crippen molar-refractivity contribution in [3.05, 3.63) is 59.8 Å². The Labute approximate surface area is 135 Å². The lowest BCUT2D eigenvalue weighted by molar-refractivity contribution is -0.136. The molecule has 0 aliphatic heterocycles. The molecule has 0 radical (unpaired) electrons. The van der Waals surface area contributed by atoms with Crippen LogP contribution < -0.4 is 0 Å². The summed E-state index contributed by atoms with van der Waals surface area (Å²) in [5.74, 6) is -0.815. The molecule has 0 saturated heterocycles. The number of hydrogen-bond acceptors (Lipinski definition) is 2. The highest BCUT2D eigenvalue weighted by Crippen LogP contribution is 2.27. The first-order chi connectivity index (χ1) is 11.0. The summed E-state index contributed by atoms with van der Waals surface area (Å²) in [6, 6.07) is 14.6. The van der Waals surface area contributed by atoms with Gasteiger partial charge in [-0.3, -0.25) is 4.79 Å². The molecule has 2 aromatic carbocycles. The van der Waals surface area contributed by atoms with Gasteiger partial charge in [0.1, 0.15) is 0 Å². The first-order valence-electron chi connectivity index (χ1n) is 7.59. The maximum Gasteiger partial charge on any atom is 0.307 e. The first-order valence-corrected chi connectivity index (χ1v) is 7.59. The van der Waals surface area contributed by atoms with E-state index < -0.39 is 5.97 Å². The minimum Gasteiger partial charge on any atom is -0.481 e. The molecule has 0 aliphatic carbocycles. The van der Waals surface area contributed by atoms with Crippen LogP contribution in [0.15, 0.2) is 48.7 Å². The average molecular weight is 308 g/mol. The zero-order valence-corrected chi connectivity index (χ0v) is 13.3. The van der Waals surface area contributed by atoms with E-state index in [9.17, 15) is 4.79 Å². The molecule has 2 N–H and O–H groups in total. The number of aliphatic carboxylic acids is 1. The van der Waals surface area contributed by atoms with Gasteiger partial charge in [0.05, 0.1) is 6.42 Å². The normalized spacial score (nSPS) is 11.3. The van der Waals surface area contributed by atoms with E-state index in [0.717, 1.165) is 34.1 Å². The number of rotatable bonds is 5. The van der Waals surface area contributed by atoms with Crippen LogP contribution in [0, 0.1) is 0 Å². The third kappa shape index (κ3) is 3.43. The van der Waals surface area contributed by atoms with Crippen molar-refractivity contribution >= 4 is 16.9 Å². The van der Waals surface area contributed by atoms with Gasteiger partial charge in [0.25, 0.3) is 0 Å². The van der Waals surface area contributed by atoms with Crippen molar-refractivity contribution < 1.29 is 9.90 Å². The number of carboxylic acid groups (broad SMARTS) is 1. The molecular formula is C19H20N2O2. The Bertz CT molecular complexity index is 832. The average Bonchev–Trinajstić information content (AvgIpc) is 2.89. The van der Waals surface area contributed by atoms with Crippen molar-refractivity contribution in [3.8, 4) is 11.1 Å². The van der Waals surface area contributed by atoms with Crippen LogP contribution >= 0.6 is 0 Å². The largest absolute Gasteiger partial charge is 0.481 e. The maximum absolute atomic E-state index is 11.0. The minimum absolute atomic E-state index is 0.0330. The zero-order chi connectivity index (χ0) is 16.4. The van der Waals surface area contributed by atoms with Crippen LogP contribution in [0.4, 0.5) is 0 Å². The predicted molar refractivity (Wildman–Crippen MR) is 92.5 cm³/mol. The van der Waals surface area contributed by atoms with Crippen molar-refractivity contribution in [1.82, 2.24) is 9.88 Å². The Hall–Kier alpha value is -2.59. The van der Waals surface area contributed by atoms with Crippen LogP contribution in [0.5, 0.6) is 0 Å². The van der Waals surface area contributed by atoms with Gasteiger partial charge >= 0.3 is 5.97 Å². The summed E-state index contributed by atoms with van der Waals surface area (Å²) in [6.45, 7) is 0.917. The standard InChI is InChI=1S/C19H20N2O2/c1-21(2)12-13-3-5-14(6-4-13)15-7-8-18-17(9-15)16(11-20-18)10-19(22)23/h3-9,11,20H,10,12H2,1-2H3,(H,22,23). The molecule has 4 nitrogen and oxygen atoms in total. The Balaban J connectivity index is 1.94. The quantitative estimate of drug-likeness (QED) is 0.758. The molecule has 4 heteroatoms. The lowest BCUT2D eigenvalue weighted by atomic mass is 10.0. The number of benzene rings is 2. The Morgan fingerprint density at radius 1 is 1.09 bits per heavy atom. The molecule has 0 aliphatic rings. The lowest BCUT2D eigenvalue weighted by Crippen LogP contribution is -2.10. The number of carboxylic acids is 1. The summed E-state index contributed by atoms with van der Waals surface area (Å²) >= 11 is 0. The molecule has 0 unspecified atom stereocenters. The second kappa shape index (κ2) is 6.26. The fourth-order valence-corrected chi connectivity index (χ4v) is 2.83. The number of nitrogens with zero attached hydrogens (tertiary/aromatic N) is 1. The van der Waals surface area contributed by atoms with Crippen LogP contribution in [0.25, 0.3) is 22.0 Å².